The van der Waals surface area contributed by atoms with E-state index < -0.39 is 17.7 Å². The number of nitrogens with zero attached hydrogens (tertiary/aromatic N) is 3. The van der Waals surface area contributed by atoms with Gasteiger partial charge in [0.25, 0.3) is 5.91 Å². The van der Waals surface area contributed by atoms with E-state index in [0.717, 1.165) is 21.9 Å². The van der Waals surface area contributed by atoms with Gasteiger partial charge in [0.05, 0.1) is 36.2 Å². The average Bonchev–Trinajstić information content (AvgIpc) is 3.26. The Hall–Kier alpha value is -4.11. The van der Waals surface area contributed by atoms with E-state index in [4.69, 9.17) is 9.47 Å². The van der Waals surface area contributed by atoms with Gasteiger partial charge in [-0.15, -0.1) is 0 Å². The fourth-order valence-corrected chi connectivity index (χ4v) is 3.92. The van der Waals surface area contributed by atoms with Gasteiger partial charge in [-0.1, -0.05) is 11.3 Å². The van der Waals surface area contributed by atoms with Crippen LogP contribution in [0.15, 0.2) is 71.8 Å². The number of halogens is 1. The lowest BCUT2D eigenvalue weighted by molar-refractivity contribution is 0.0600. The number of thiazole rings is 1. The standard InChI is InChI=1S/C24H18FN3O4S/c1-31-19-10-3-15(4-11-19)14-26-28(24-27-20-12-9-18(25)13-21(20)33-24)22(29)16-5-7-17(8-6-16)23(30)32-2/h3-14H,1-2H3/b26-14+. The maximum atomic E-state index is 13.7. The summed E-state index contributed by atoms with van der Waals surface area (Å²) in [6, 6.07) is 17.4. The zero-order valence-electron chi connectivity index (χ0n) is 17.7. The Kier molecular flexibility index (Phi) is 6.41. The largest absolute Gasteiger partial charge is 0.497 e. The summed E-state index contributed by atoms with van der Waals surface area (Å²) in [5.41, 5.74) is 1.90. The summed E-state index contributed by atoms with van der Waals surface area (Å²) in [6.45, 7) is 0. The zero-order chi connectivity index (χ0) is 23.4. The first-order valence-electron chi connectivity index (χ1n) is 9.75. The van der Waals surface area contributed by atoms with Gasteiger partial charge < -0.3 is 9.47 Å². The summed E-state index contributed by atoms with van der Waals surface area (Å²) in [5.74, 6) is -0.665. The zero-order valence-corrected chi connectivity index (χ0v) is 18.5. The Balaban J connectivity index is 1.71. The number of hydrazone groups is 1. The molecule has 7 nitrogen and oxygen atoms in total. The number of carbonyl (C=O) groups excluding carboxylic acids is 2. The second kappa shape index (κ2) is 9.58. The van der Waals surface area contributed by atoms with Crippen molar-refractivity contribution in [2.45, 2.75) is 0 Å². The van der Waals surface area contributed by atoms with Crippen LogP contribution in [0.25, 0.3) is 10.2 Å². The number of benzene rings is 3. The molecule has 0 saturated heterocycles. The third kappa shape index (κ3) is 4.88. The van der Waals surface area contributed by atoms with Crippen molar-refractivity contribution in [2.24, 2.45) is 5.10 Å². The van der Waals surface area contributed by atoms with E-state index >= 15 is 0 Å². The number of ether oxygens (including phenoxy) is 2. The van der Waals surface area contributed by atoms with Gasteiger partial charge in [-0.05, 0) is 72.3 Å². The van der Waals surface area contributed by atoms with E-state index in [-0.39, 0.29) is 5.13 Å². The average molecular weight is 463 g/mol. The third-order valence-corrected chi connectivity index (χ3v) is 5.70. The molecule has 0 N–H and O–H groups in total. The predicted molar refractivity (Wildman–Crippen MR) is 125 cm³/mol. The highest BCUT2D eigenvalue weighted by atomic mass is 32.1. The molecule has 0 aliphatic carbocycles. The molecule has 0 radical (unpaired) electrons. The molecule has 1 heterocycles. The van der Waals surface area contributed by atoms with Crippen LogP contribution in [0.5, 0.6) is 5.75 Å². The SMILES string of the molecule is COC(=O)c1ccc(C(=O)N(/N=C/c2ccc(OC)cc2)c2nc3ccc(F)cc3s2)cc1. The number of anilines is 1. The molecule has 4 rings (SSSR count). The van der Waals surface area contributed by atoms with Crippen LogP contribution in [-0.4, -0.2) is 37.3 Å². The van der Waals surface area contributed by atoms with Crippen LogP contribution in [-0.2, 0) is 4.74 Å². The molecule has 0 spiro atoms. The molecular formula is C24H18FN3O4S. The number of esters is 1. The van der Waals surface area contributed by atoms with Gasteiger partial charge in [-0.3, -0.25) is 4.79 Å². The number of hydrogen-bond acceptors (Lipinski definition) is 7. The molecule has 0 saturated carbocycles. The Morgan fingerprint density at radius 1 is 1.00 bits per heavy atom. The van der Waals surface area contributed by atoms with Crippen LogP contribution in [0.2, 0.25) is 0 Å². The molecule has 1 amide bonds. The molecule has 9 heteroatoms. The van der Waals surface area contributed by atoms with Crippen molar-refractivity contribution in [2.75, 3.05) is 19.2 Å². The molecule has 0 unspecified atom stereocenters. The molecule has 0 atom stereocenters. The molecular weight excluding hydrogens is 445 g/mol. The first-order chi connectivity index (χ1) is 16.0. The lowest BCUT2D eigenvalue weighted by Crippen LogP contribution is -2.25. The molecule has 3 aromatic carbocycles. The lowest BCUT2D eigenvalue weighted by Gasteiger charge is -2.14. The molecule has 0 aliphatic rings. The lowest BCUT2D eigenvalue weighted by atomic mass is 10.1. The predicted octanol–water partition coefficient (Wildman–Crippen LogP) is 4.91. The number of aromatic nitrogens is 1. The second-order valence-electron chi connectivity index (χ2n) is 6.81. The third-order valence-electron chi connectivity index (χ3n) is 4.70. The van der Waals surface area contributed by atoms with Gasteiger partial charge >= 0.3 is 5.97 Å². The highest BCUT2D eigenvalue weighted by Gasteiger charge is 2.21. The summed E-state index contributed by atoms with van der Waals surface area (Å²) >= 11 is 1.14. The van der Waals surface area contributed by atoms with Crippen molar-refractivity contribution in [3.63, 3.8) is 0 Å². The normalized spacial score (nSPS) is 11.0. The summed E-state index contributed by atoms with van der Waals surface area (Å²) in [5, 5.41) is 5.80. The summed E-state index contributed by atoms with van der Waals surface area (Å²) in [7, 11) is 2.86. The van der Waals surface area contributed by atoms with Gasteiger partial charge in [0.1, 0.15) is 11.6 Å². The molecule has 33 heavy (non-hydrogen) atoms. The Bertz CT molecular complexity index is 1330. The van der Waals surface area contributed by atoms with E-state index in [1.165, 1.54) is 49.7 Å². The molecule has 166 valence electrons. The fourth-order valence-electron chi connectivity index (χ4n) is 2.97. The van der Waals surface area contributed by atoms with E-state index in [1.807, 2.05) is 0 Å². The molecule has 0 fully saturated rings. The van der Waals surface area contributed by atoms with Crippen molar-refractivity contribution in [1.82, 2.24) is 4.98 Å². The molecule has 0 aliphatic heterocycles. The van der Waals surface area contributed by atoms with Crippen LogP contribution >= 0.6 is 11.3 Å². The highest BCUT2D eigenvalue weighted by Crippen LogP contribution is 2.30. The minimum absolute atomic E-state index is 0.280. The van der Waals surface area contributed by atoms with E-state index in [2.05, 4.69) is 10.1 Å². The number of fused-ring (bicyclic) bond motifs is 1. The molecule has 4 aromatic rings. The van der Waals surface area contributed by atoms with Crippen molar-refractivity contribution < 1.29 is 23.5 Å². The minimum atomic E-state index is -0.503. The van der Waals surface area contributed by atoms with Gasteiger partial charge in [-0.25, -0.2) is 14.2 Å². The van der Waals surface area contributed by atoms with E-state index in [1.54, 1.807) is 37.4 Å². The smallest absolute Gasteiger partial charge is 0.337 e. The molecule has 1 aromatic heterocycles. The van der Waals surface area contributed by atoms with Crippen LogP contribution in [0.4, 0.5) is 9.52 Å². The maximum Gasteiger partial charge on any atom is 0.337 e. The van der Waals surface area contributed by atoms with Crippen LogP contribution in [0.3, 0.4) is 0 Å². The Morgan fingerprint density at radius 2 is 1.70 bits per heavy atom. The topological polar surface area (TPSA) is 81.1 Å². The Morgan fingerprint density at radius 3 is 2.36 bits per heavy atom. The van der Waals surface area contributed by atoms with Crippen molar-refractivity contribution in [3.8, 4) is 5.75 Å². The maximum absolute atomic E-state index is 13.7. The summed E-state index contributed by atoms with van der Waals surface area (Å²) in [6.07, 6.45) is 1.52. The van der Waals surface area contributed by atoms with Gasteiger partial charge in [0.15, 0.2) is 0 Å². The van der Waals surface area contributed by atoms with Crippen LogP contribution < -0.4 is 9.75 Å². The fraction of sp³-hybridized carbons (Fsp3) is 0.0833. The number of carbonyl (C=O) groups is 2. The van der Waals surface area contributed by atoms with Gasteiger partial charge in [0.2, 0.25) is 5.13 Å². The summed E-state index contributed by atoms with van der Waals surface area (Å²) < 4.78 is 24.1. The van der Waals surface area contributed by atoms with Crippen LogP contribution in [0, 0.1) is 5.82 Å². The quantitative estimate of drug-likeness (QED) is 0.231. The van der Waals surface area contributed by atoms with Crippen molar-refractivity contribution in [3.05, 3.63) is 89.2 Å². The van der Waals surface area contributed by atoms with Crippen molar-refractivity contribution >= 4 is 44.8 Å². The highest BCUT2D eigenvalue weighted by molar-refractivity contribution is 7.22. The van der Waals surface area contributed by atoms with Crippen LogP contribution in [0.1, 0.15) is 26.3 Å². The number of rotatable bonds is 6. The monoisotopic (exact) mass is 463 g/mol. The Labute approximate surface area is 192 Å². The second-order valence-corrected chi connectivity index (χ2v) is 7.82. The van der Waals surface area contributed by atoms with E-state index in [0.29, 0.717) is 27.1 Å². The first-order valence-corrected chi connectivity index (χ1v) is 10.6. The van der Waals surface area contributed by atoms with Crippen molar-refractivity contribution in [1.29, 1.82) is 0 Å². The molecule has 0 bridgehead atoms. The van der Waals surface area contributed by atoms with Gasteiger partial charge in [-0.2, -0.15) is 10.1 Å². The minimum Gasteiger partial charge on any atom is -0.497 e. The number of amides is 1. The number of hydrogen-bond donors (Lipinski definition) is 0. The van der Waals surface area contributed by atoms with Gasteiger partial charge in [0, 0.05) is 5.56 Å². The number of methoxy groups -OCH3 is 2. The van der Waals surface area contributed by atoms with E-state index in [9.17, 15) is 14.0 Å². The summed E-state index contributed by atoms with van der Waals surface area (Å²) in [4.78, 5) is 29.5. The first kappa shape index (κ1) is 22.1.